The predicted octanol–water partition coefficient (Wildman–Crippen LogP) is 3.89. The first-order valence-corrected chi connectivity index (χ1v) is 15.6. The number of nitrogens with one attached hydrogen (secondary N) is 2. The maximum atomic E-state index is 12.8. The molecule has 1 heterocycles. The fraction of sp³-hybridized carbons (Fsp3) is 0.321. The van der Waals surface area contributed by atoms with Crippen LogP contribution < -0.4 is 14.8 Å². The van der Waals surface area contributed by atoms with Crippen molar-refractivity contribution in [2.45, 2.75) is 49.9 Å². The number of nitrogens with zero attached hydrogens (tertiary/aromatic N) is 1. The van der Waals surface area contributed by atoms with Gasteiger partial charge in [0.2, 0.25) is 10.0 Å². The Hall–Kier alpha value is -3.41. The number of anilines is 1. The van der Waals surface area contributed by atoms with Crippen LogP contribution in [-0.2, 0) is 31.4 Å². The summed E-state index contributed by atoms with van der Waals surface area (Å²) in [6.45, 7) is 6.63. The molecule has 0 atom stereocenters. The SMILES string of the molecule is Cc1ccc(NS(=O)(=O)c2ccc(OCC(=O)NCc3ccc(S(=O)(=O)N4CCCC4)cc3)c(C)c2)cc1C. The largest absolute Gasteiger partial charge is 0.484 e. The van der Waals surface area contributed by atoms with Gasteiger partial charge in [-0.15, -0.1) is 0 Å². The molecule has 2 N–H and O–H groups in total. The third-order valence-corrected chi connectivity index (χ3v) is 9.98. The Kier molecular flexibility index (Phi) is 8.63. The molecule has 0 bridgehead atoms. The number of carbonyl (C=O) groups excluding carboxylic acids is 1. The topological polar surface area (TPSA) is 122 Å². The fourth-order valence-electron chi connectivity index (χ4n) is 4.22. The monoisotopic (exact) mass is 571 g/mol. The number of rotatable bonds is 10. The van der Waals surface area contributed by atoms with Crippen LogP contribution in [0.1, 0.15) is 35.1 Å². The van der Waals surface area contributed by atoms with Crippen LogP contribution in [0.5, 0.6) is 5.75 Å². The van der Waals surface area contributed by atoms with Crippen LogP contribution in [0.4, 0.5) is 5.69 Å². The van der Waals surface area contributed by atoms with Crippen molar-refractivity contribution in [1.29, 1.82) is 0 Å². The summed E-state index contributed by atoms with van der Waals surface area (Å²) in [5.41, 5.74) is 3.86. The van der Waals surface area contributed by atoms with Crippen LogP contribution in [0.15, 0.2) is 70.5 Å². The summed E-state index contributed by atoms with van der Waals surface area (Å²) in [7, 11) is -7.27. The first kappa shape index (κ1) is 28.6. The van der Waals surface area contributed by atoms with Crippen molar-refractivity contribution in [3.8, 4) is 5.75 Å². The number of sulfonamides is 2. The molecule has 208 valence electrons. The Morgan fingerprint density at radius 1 is 0.821 bits per heavy atom. The lowest BCUT2D eigenvalue weighted by molar-refractivity contribution is -0.123. The van der Waals surface area contributed by atoms with E-state index in [2.05, 4.69) is 10.0 Å². The molecule has 0 aromatic heterocycles. The van der Waals surface area contributed by atoms with Crippen molar-refractivity contribution in [2.75, 3.05) is 24.4 Å². The van der Waals surface area contributed by atoms with E-state index in [4.69, 9.17) is 4.74 Å². The van der Waals surface area contributed by atoms with Gasteiger partial charge in [0.05, 0.1) is 9.79 Å². The molecule has 9 nitrogen and oxygen atoms in total. The van der Waals surface area contributed by atoms with Crippen molar-refractivity contribution < 1.29 is 26.4 Å². The summed E-state index contributed by atoms with van der Waals surface area (Å²) in [5, 5.41) is 2.74. The van der Waals surface area contributed by atoms with Crippen molar-refractivity contribution in [3.05, 3.63) is 82.9 Å². The number of benzene rings is 3. The molecule has 0 unspecified atom stereocenters. The second kappa shape index (κ2) is 11.8. The molecule has 1 aliphatic heterocycles. The van der Waals surface area contributed by atoms with Gasteiger partial charge in [0.1, 0.15) is 5.75 Å². The van der Waals surface area contributed by atoms with Crippen LogP contribution in [0.2, 0.25) is 0 Å². The minimum absolute atomic E-state index is 0.0882. The molecule has 1 fully saturated rings. The standard InChI is InChI=1S/C28H33N3O6S2/c1-20-6-9-24(16-21(20)2)30-38(33,34)26-12-13-27(22(3)17-26)37-19-28(32)29-18-23-7-10-25(11-8-23)39(35,36)31-14-4-5-15-31/h6-13,16-17,30H,4-5,14-15,18-19H2,1-3H3,(H,29,32). The molecule has 0 spiro atoms. The minimum Gasteiger partial charge on any atom is -0.484 e. The first-order chi connectivity index (χ1) is 18.5. The summed E-state index contributed by atoms with van der Waals surface area (Å²) in [5.74, 6) is 0.0306. The summed E-state index contributed by atoms with van der Waals surface area (Å²) < 4.78 is 60.7. The number of carbonyl (C=O) groups is 1. The van der Waals surface area contributed by atoms with Crippen LogP contribution in [-0.4, -0.2) is 46.7 Å². The smallest absolute Gasteiger partial charge is 0.261 e. The molecule has 4 rings (SSSR count). The van der Waals surface area contributed by atoms with E-state index in [9.17, 15) is 21.6 Å². The van der Waals surface area contributed by atoms with Gasteiger partial charge in [0.25, 0.3) is 15.9 Å². The summed E-state index contributed by atoms with van der Waals surface area (Å²) >= 11 is 0. The number of ether oxygens (including phenoxy) is 1. The van der Waals surface area contributed by atoms with E-state index in [0.29, 0.717) is 30.1 Å². The van der Waals surface area contributed by atoms with Crippen LogP contribution in [0.3, 0.4) is 0 Å². The normalized spacial score (nSPS) is 14.2. The molecule has 1 aliphatic rings. The van der Waals surface area contributed by atoms with Gasteiger partial charge in [0.15, 0.2) is 6.61 Å². The van der Waals surface area contributed by atoms with Crippen molar-refractivity contribution >= 4 is 31.6 Å². The van der Waals surface area contributed by atoms with Crippen molar-refractivity contribution in [2.24, 2.45) is 0 Å². The molecule has 1 saturated heterocycles. The molecule has 3 aromatic rings. The van der Waals surface area contributed by atoms with E-state index >= 15 is 0 Å². The number of amides is 1. The van der Waals surface area contributed by atoms with E-state index in [1.807, 2.05) is 19.9 Å². The lowest BCUT2D eigenvalue weighted by Crippen LogP contribution is -2.29. The van der Waals surface area contributed by atoms with E-state index in [1.165, 1.54) is 22.5 Å². The second-order valence-corrected chi connectivity index (χ2v) is 13.3. The third-order valence-electron chi connectivity index (χ3n) is 6.69. The Morgan fingerprint density at radius 2 is 1.49 bits per heavy atom. The highest BCUT2D eigenvalue weighted by atomic mass is 32.2. The maximum absolute atomic E-state index is 12.8. The lowest BCUT2D eigenvalue weighted by atomic mass is 10.1. The van der Waals surface area contributed by atoms with Crippen molar-refractivity contribution in [1.82, 2.24) is 9.62 Å². The summed E-state index contributed by atoms with van der Waals surface area (Å²) in [4.78, 5) is 12.7. The Morgan fingerprint density at radius 3 is 2.13 bits per heavy atom. The van der Waals surface area contributed by atoms with E-state index < -0.39 is 20.0 Å². The van der Waals surface area contributed by atoms with Gasteiger partial charge in [-0.2, -0.15) is 4.31 Å². The third kappa shape index (κ3) is 6.97. The Labute approximate surface area is 230 Å². The van der Waals surface area contributed by atoms with Gasteiger partial charge in [-0.05, 0) is 98.3 Å². The lowest BCUT2D eigenvalue weighted by Gasteiger charge is -2.15. The second-order valence-electron chi connectivity index (χ2n) is 9.65. The quantitative estimate of drug-likeness (QED) is 0.381. The fourth-order valence-corrected chi connectivity index (χ4v) is 6.87. The molecular weight excluding hydrogens is 538 g/mol. The van der Waals surface area contributed by atoms with E-state index in [-0.39, 0.29) is 28.8 Å². The zero-order valence-electron chi connectivity index (χ0n) is 22.2. The highest BCUT2D eigenvalue weighted by molar-refractivity contribution is 7.92. The highest BCUT2D eigenvalue weighted by Gasteiger charge is 2.26. The molecule has 11 heteroatoms. The first-order valence-electron chi connectivity index (χ1n) is 12.6. The van der Waals surface area contributed by atoms with Gasteiger partial charge in [-0.3, -0.25) is 9.52 Å². The van der Waals surface area contributed by atoms with Crippen molar-refractivity contribution in [3.63, 3.8) is 0 Å². The summed E-state index contributed by atoms with van der Waals surface area (Å²) in [6, 6.07) is 16.3. The van der Waals surface area contributed by atoms with Gasteiger partial charge in [-0.25, -0.2) is 16.8 Å². The number of hydrogen-bond acceptors (Lipinski definition) is 6. The highest BCUT2D eigenvalue weighted by Crippen LogP contribution is 2.25. The molecule has 1 amide bonds. The van der Waals surface area contributed by atoms with Gasteiger partial charge >= 0.3 is 0 Å². The maximum Gasteiger partial charge on any atom is 0.261 e. The molecular formula is C28H33N3O6S2. The molecule has 0 saturated carbocycles. The zero-order valence-corrected chi connectivity index (χ0v) is 23.9. The Bertz CT molecular complexity index is 1560. The average Bonchev–Trinajstić information content (AvgIpc) is 3.45. The predicted molar refractivity (Wildman–Crippen MR) is 150 cm³/mol. The molecule has 0 radical (unpaired) electrons. The van der Waals surface area contributed by atoms with Crippen LogP contribution in [0, 0.1) is 20.8 Å². The zero-order chi connectivity index (χ0) is 28.2. The van der Waals surface area contributed by atoms with Gasteiger partial charge in [-0.1, -0.05) is 18.2 Å². The minimum atomic E-state index is -3.80. The number of hydrogen-bond donors (Lipinski definition) is 2. The average molecular weight is 572 g/mol. The number of aryl methyl sites for hydroxylation is 3. The molecule has 0 aliphatic carbocycles. The van der Waals surface area contributed by atoms with Crippen LogP contribution >= 0.6 is 0 Å². The summed E-state index contributed by atoms with van der Waals surface area (Å²) in [6.07, 6.45) is 1.75. The van der Waals surface area contributed by atoms with Gasteiger partial charge in [0, 0.05) is 25.3 Å². The van der Waals surface area contributed by atoms with Crippen LogP contribution in [0.25, 0.3) is 0 Å². The van der Waals surface area contributed by atoms with E-state index in [0.717, 1.165) is 29.5 Å². The Balaban J connectivity index is 1.30. The molecule has 39 heavy (non-hydrogen) atoms. The van der Waals surface area contributed by atoms with E-state index in [1.54, 1.807) is 43.3 Å². The molecule has 3 aromatic carbocycles. The van der Waals surface area contributed by atoms with Gasteiger partial charge < -0.3 is 10.1 Å².